The van der Waals surface area contributed by atoms with Crippen molar-refractivity contribution in [2.24, 2.45) is 0 Å². The average Bonchev–Trinajstić information content (AvgIpc) is 2.57. The zero-order valence-corrected chi connectivity index (χ0v) is 13.6. The maximum absolute atomic E-state index is 10.1. The summed E-state index contributed by atoms with van der Waals surface area (Å²) >= 11 is 0. The molecule has 0 fully saturated rings. The van der Waals surface area contributed by atoms with Crippen LogP contribution in [0.15, 0.2) is 42.5 Å². The lowest BCUT2D eigenvalue weighted by atomic mass is 10.1. The highest BCUT2D eigenvalue weighted by atomic mass is 16.9. The normalized spacial score (nSPS) is 13.4. The first-order valence-corrected chi connectivity index (χ1v) is 7.85. The fraction of sp³-hybridized carbons (Fsp3) is 0.412. The largest absolute Gasteiger partial charge is 0.490 e. The lowest BCUT2D eigenvalue weighted by Crippen LogP contribution is -2.37. The van der Waals surface area contributed by atoms with E-state index in [1.807, 2.05) is 49.4 Å². The van der Waals surface area contributed by atoms with E-state index in [0.29, 0.717) is 13.0 Å². The Morgan fingerprint density at radius 1 is 1.25 bits per heavy atom. The fourth-order valence-corrected chi connectivity index (χ4v) is 2.31. The average molecular weight is 334 g/mol. The highest BCUT2D eigenvalue weighted by molar-refractivity contribution is 5.88. The van der Waals surface area contributed by atoms with Crippen molar-refractivity contribution in [1.29, 1.82) is 0 Å². The monoisotopic (exact) mass is 334 g/mol. The van der Waals surface area contributed by atoms with Crippen LogP contribution in [0, 0.1) is 10.1 Å². The van der Waals surface area contributed by atoms with Crippen LogP contribution >= 0.6 is 0 Å². The topological polar surface area (TPSA) is 93.9 Å². The van der Waals surface area contributed by atoms with E-state index in [0.717, 1.165) is 16.5 Å². The maximum Gasteiger partial charge on any atom is 0.294 e. The highest BCUT2D eigenvalue weighted by Gasteiger charge is 2.10. The van der Waals surface area contributed by atoms with E-state index in [1.165, 1.54) is 0 Å². The van der Waals surface area contributed by atoms with Gasteiger partial charge in [-0.05, 0) is 24.8 Å². The summed E-state index contributed by atoms with van der Waals surface area (Å²) in [6, 6.07) is 13.7. The molecule has 2 rings (SSSR count). The summed E-state index contributed by atoms with van der Waals surface area (Å²) in [7, 11) is 0. The van der Waals surface area contributed by atoms with Crippen LogP contribution in [-0.2, 0) is 4.84 Å². The molecule has 0 saturated carbocycles. The molecule has 7 heteroatoms. The molecule has 0 saturated heterocycles. The van der Waals surface area contributed by atoms with Gasteiger partial charge in [-0.15, -0.1) is 10.1 Å². The Morgan fingerprint density at radius 2 is 2.00 bits per heavy atom. The van der Waals surface area contributed by atoms with E-state index < -0.39 is 11.2 Å². The molecule has 0 aliphatic heterocycles. The van der Waals surface area contributed by atoms with E-state index in [-0.39, 0.29) is 19.3 Å². The van der Waals surface area contributed by atoms with Crippen molar-refractivity contribution in [3.63, 3.8) is 0 Å². The molecule has 7 nitrogen and oxygen atoms in total. The summed E-state index contributed by atoms with van der Waals surface area (Å²) in [6.07, 6.45) is -0.194. The molecule has 0 bridgehead atoms. The number of hydrogen-bond acceptors (Lipinski definition) is 6. The second-order valence-corrected chi connectivity index (χ2v) is 5.60. The molecule has 2 unspecified atom stereocenters. The maximum atomic E-state index is 10.1. The van der Waals surface area contributed by atoms with Crippen molar-refractivity contribution < 1.29 is 19.8 Å². The molecule has 130 valence electrons. The minimum absolute atomic E-state index is 0.00263. The second-order valence-electron chi connectivity index (χ2n) is 5.60. The molecular weight excluding hydrogens is 312 g/mol. The van der Waals surface area contributed by atoms with Gasteiger partial charge in [0.05, 0.1) is 6.61 Å². The molecule has 2 atom stereocenters. The minimum atomic E-state index is -0.806. The first-order chi connectivity index (χ1) is 11.6. The van der Waals surface area contributed by atoms with Crippen molar-refractivity contribution in [3.05, 3.63) is 52.6 Å². The number of nitrogens with one attached hydrogen (secondary N) is 1. The molecule has 0 radical (unpaired) electrons. The fourth-order valence-electron chi connectivity index (χ4n) is 2.31. The quantitative estimate of drug-likeness (QED) is 0.511. The van der Waals surface area contributed by atoms with E-state index in [4.69, 9.17) is 4.74 Å². The third kappa shape index (κ3) is 5.68. The number of aliphatic hydroxyl groups is 1. The second kappa shape index (κ2) is 9.05. The number of ether oxygens (including phenoxy) is 1. The van der Waals surface area contributed by atoms with Crippen molar-refractivity contribution in [1.82, 2.24) is 5.32 Å². The van der Waals surface area contributed by atoms with E-state index in [2.05, 4.69) is 10.2 Å². The molecule has 0 amide bonds. The van der Waals surface area contributed by atoms with Crippen LogP contribution < -0.4 is 10.1 Å². The molecule has 0 spiro atoms. The van der Waals surface area contributed by atoms with E-state index in [1.54, 1.807) is 0 Å². The molecule has 0 aliphatic rings. The minimum Gasteiger partial charge on any atom is -0.490 e. The first kappa shape index (κ1) is 18.0. The molecule has 0 aliphatic carbocycles. The number of rotatable bonds is 10. The van der Waals surface area contributed by atoms with Gasteiger partial charge in [0.2, 0.25) is 0 Å². The molecule has 0 heterocycles. The lowest BCUT2D eigenvalue weighted by molar-refractivity contribution is -0.757. The molecule has 2 N–H and O–H groups in total. The molecular formula is C17H22N2O5. The summed E-state index contributed by atoms with van der Waals surface area (Å²) in [6.45, 7) is 2.41. The third-order valence-electron chi connectivity index (χ3n) is 3.63. The van der Waals surface area contributed by atoms with Gasteiger partial charge >= 0.3 is 0 Å². The summed E-state index contributed by atoms with van der Waals surface area (Å²) in [5, 5.41) is 24.5. The van der Waals surface area contributed by atoms with Gasteiger partial charge in [-0.1, -0.05) is 36.4 Å². The SMILES string of the molecule is CC(CCO[N+](=O)[O-])NCC(O)COc1cccc2ccccc12. The van der Waals surface area contributed by atoms with Crippen LogP contribution in [0.3, 0.4) is 0 Å². The van der Waals surface area contributed by atoms with Gasteiger partial charge in [-0.25, -0.2) is 0 Å². The Bertz CT molecular complexity index is 659. The van der Waals surface area contributed by atoms with Crippen LogP contribution in [0.1, 0.15) is 13.3 Å². The van der Waals surface area contributed by atoms with E-state index in [9.17, 15) is 15.2 Å². The summed E-state index contributed by atoms with van der Waals surface area (Å²) in [4.78, 5) is 14.3. The van der Waals surface area contributed by atoms with Crippen molar-refractivity contribution in [3.8, 4) is 5.75 Å². The predicted octanol–water partition coefficient (Wildman–Crippen LogP) is 2.16. The van der Waals surface area contributed by atoms with Gasteiger partial charge in [0.15, 0.2) is 0 Å². The smallest absolute Gasteiger partial charge is 0.294 e. The molecule has 2 aromatic rings. The Morgan fingerprint density at radius 3 is 2.79 bits per heavy atom. The van der Waals surface area contributed by atoms with Crippen LogP contribution in [0.25, 0.3) is 10.8 Å². The van der Waals surface area contributed by atoms with Gasteiger partial charge in [0, 0.05) is 18.0 Å². The number of benzene rings is 2. The van der Waals surface area contributed by atoms with Gasteiger partial charge in [0.25, 0.3) is 5.09 Å². The summed E-state index contributed by atoms with van der Waals surface area (Å²) < 4.78 is 5.72. The van der Waals surface area contributed by atoms with Gasteiger partial charge in [0.1, 0.15) is 18.5 Å². The van der Waals surface area contributed by atoms with Gasteiger partial charge < -0.3 is 20.0 Å². The molecule has 0 aromatic heterocycles. The zero-order valence-electron chi connectivity index (χ0n) is 13.6. The lowest BCUT2D eigenvalue weighted by Gasteiger charge is -2.17. The number of aliphatic hydroxyl groups excluding tert-OH is 1. The zero-order chi connectivity index (χ0) is 17.4. The van der Waals surface area contributed by atoms with Crippen LogP contribution in [0.2, 0.25) is 0 Å². The van der Waals surface area contributed by atoms with Gasteiger partial charge in [-0.3, -0.25) is 0 Å². The van der Waals surface area contributed by atoms with Crippen LogP contribution in [0.4, 0.5) is 0 Å². The Labute approximate surface area is 140 Å². The third-order valence-corrected chi connectivity index (χ3v) is 3.63. The number of fused-ring (bicyclic) bond motifs is 1. The predicted molar refractivity (Wildman–Crippen MR) is 90.5 cm³/mol. The first-order valence-electron chi connectivity index (χ1n) is 7.85. The highest BCUT2D eigenvalue weighted by Crippen LogP contribution is 2.25. The number of hydrogen-bond donors (Lipinski definition) is 2. The van der Waals surface area contributed by atoms with Gasteiger partial charge in [-0.2, -0.15) is 0 Å². The Hall–Kier alpha value is -2.38. The molecule has 24 heavy (non-hydrogen) atoms. The number of nitrogens with zero attached hydrogens (tertiary/aromatic N) is 1. The summed E-state index contributed by atoms with van der Waals surface area (Å²) in [5.41, 5.74) is 0. The van der Waals surface area contributed by atoms with E-state index >= 15 is 0 Å². The Kier molecular flexibility index (Phi) is 6.77. The van der Waals surface area contributed by atoms with Crippen molar-refractivity contribution >= 4 is 10.8 Å². The summed E-state index contributed by atoms with van der Waals surface area (Å²) in [5.74, 6) is 0.736. The van der Waals surface area contributed by atoms with Crippen molar-refractivity contribution in [2.45, 2.75) is 25.5 Å². The van der Waals surface area contributed by atoms with Crippen LogP contribution in [0.5, 0.6) is 5.75 Å². The Balaban J connectivity index is 1.74. The van der Waals surface area contributed by atoms with Crippen molar-refractivity contribution in [2.75, 3.05) is 19.8 Å². The van der Waals surface area contributed by atoms with Crippen LogP contribution in [-0.4, -0.2) is 42.1 Å². The molecule has 2 aromatic carbocycles. The standard InChI is InChI=1S/C17H22N2O5/c1-13(9-10-24-19(21)22)18-11-15(20)12-23-17-8-4-6-14-5-2-3-7-16(14)17/h2-8,13,15,18,20H,9-12H2,1H3.